The quantitative estimate of drug-likeness (QED) is 0.759. The van der Waals surface area contributed by atoms with Crippen LogP contribution in [0.5, 0.6) is 0 Å². The number of hydrogen-bond acceptors (Lipinski definition) is 4. The van der Waals surface area contributed by atoms with E-state index in [4.69, 9.17) is 11.6 Å². The first-order valence-electron chi connectivity index (χ1n) is 6.31. The standard InChI is InChI=1S/C15H12ClN3OS/c1-17-11-5-3-2-4-10(11)14(20)19-15-18-12-7-6-9(16)8-13(12)21-15/h2-8,17H,1H3,(H,18,19,20). The predicted octanol–water partition coefficient (Wildman–Crippen LogP) is 4.24. The van der Waals surface area contributed by atoms with Crippen LogP contribution < -0.4 is 10.6 Å². The average Bonchev–Trinajstić information content (AvgIpc) is 2.88. The SMILES string of the molecule is CNc1ccccc1C(=O)Nc1nc2ccc(Cl)cc2s1. The minimum atomic E-state index is -0.190. The zero-order valence-corrected chi connectivity index (χ0v) is 12.8. The number of carbonyl (C=O) groups is 1. The van der Waals surface area contributed by atoms with Gasteiger partial charge in [-0.25, -0.2) is 4.98 Å². The van der Waals surface area contributed by atoms with E-state index in [0.717, 1.165) is 15.9 Å². The summed E-state index contributed by atoms with van der Waals surface area (Å²) in [4.78, 5) is 16.7. The Labute approximate surface area is 130 Å². The predicted molar refractivity (Wildman–Crippen MR) is 88.6 cm³/mol. The minimum Gasteiger partial charge on any atom is -0.387 e. The van der Waals surface area contributed by atoms with Crippen LogP contribution in [-0.2, 0) is 0 Å². The Bertz CT molecular complexity index is 816. The highest BCUT2D eigenvalue weighted by Gasteiger charge is 2.12. The fraction of sp³-hybridized carbons (Fsp3) is 0.0667. The Morgan fingerprint density at radius 2 is 2.05 bits per heavy atom. The van der Waals surface area contributed by atoms with Crippen LogP contribution in [0.2, 0.25) is 5.02 Å². The number of halogens is 1. The van der Waals surface area contributed by atoms with Gasteiger partial charge in [0.25, 0.3) is 5.91 Å². The van der Waals surface area contributed by atoms with Crippen LogP contribution in [-0.4, -0.2) is 17.9 Å². The van der Waals surface area contributed by atoms with Gasteiger partial charge in [-0.2, -0.15) is 0 Å². The number of anilines is 2. The van der Waals surface area contributed by atoms with Gasteiger partial charge in [0.1, 0.15) is 0 Å². The number of nitrogens with one attached hydrogen (secondary N) is 2. The number of carbonyl (C=O) groups excluding carboxylic acids is 1. The van der Waals surface area contributed by atoms with Gasteiger partial charge in [0.15, 0.2) is 5.13 Å². The van der Waals surface area contributed by atoms with E-state index in [9.17, 15) is 4.79 Å². The van der Waals surface area contributed by atoms with Crippen LogP contribution in [0.4, 0.5) is 10.8 Å². The van der Waals surface area contributed by atoms with Gasteiger partial charge in [0.2, 0.25) is 0 Å². The summed E-state index contributed by atoms with van der Waals surface area (Å²) in [6.07, 6.45) is 0. The molecule has 0 aliphatic heterocycles. The highest BCUT2D eigenvalue weighted by atomic mass is 35.5. The number of hydrogen-bond donors (Lipinski definition) is 2. The lowest BCUT2D eigenvalue weighted by atomic mass is 10.1. The lowest BCUT2D eigenvalue weighted by Gasteiger charge is -2.07. The normalized spacial score (nSPS) is 10.6. The van der Waals surface area contributed by atoms with Crippen molar-refractivity contribution < 1.29 is 4.79 Å². The molecule has 0 saturated carbocycles. The molecule has 6 heteroatoms. The van der Waals surface area contributed by atoms with Gasteiger partial charge in [0, 0.05) is 17.8 Å². The highest BCUT2D eigenvalue weighted by Crippen LogP contribution is 2.29. The first kappa shape index (κ1) is 13.9. The summed E-state index contributed by atoms with van der Waals surface area (Å²) < 4.78 is 0.944. The molecule has 0 spiro atoms. The molecular weight excluding hydrogens is 306 g/mol. The monoisotopic (exact) mass is 317 g/mol. The molecule has 2 N–H and O–H groups in total. The lowest BCUT2D eigenvalue weighted by molar-refractivity contribution is 0.102. The Kier molecular flexibility index (Phi) is 3.77. The van der Waals surface area contributed by atoms with E-state index in [1.54, 1.807) is 19.2 Å². The second kappa shape index (κ2) is 5.71. The molecule has 2 aromatic carbocycles. The number of fused-ring (bicyclic) bond motifs is 1. The molecule has 3 rings (SSSR count). The number of aromatic nitrogens is 1. The molecule has 0 atom stereocenters. The number of amides is 1. The average molecular weight is 318 g/mol. The number of thiazole rings is 1. The van der Waals surface area contributed by atoms with E-state index in [-0.39, 0.29) is 5.91 Å². The van der Waals surface area contributed by atoms with Gasteiger partial charge in [-0.15, -0.1) is 0 Å². The van der Waals surface area contributed by atoms with Crippen LogP contribution in [0, 0.1) is 0 Å². The van der Waals surface area contributed by atoms with Crippen molar-refractivity contribution in [2.45, 2.75) is 0 Å². The third-order valence-electron chi connectivity index (χ3n) is 3.01. The van der Waals surface area contributed by atoms with Crippen molar-refractivity contribution in [3.8, 4) is 0 Å². The maximum Gasteiger partial charge on any atom is 0.259 e. The molecule has 1 amide bonds. The maximum absolute atomic E-state index is 12.3. The Morgan fingerprint density at radius 3 is 2.86 bits per heavy atom. The second-order valence-electron chi connectivity index (χ2n) is 4.38. The van der Waals surface area contributed by atoms with Gasteiger partial charge < -0.3 is 5.32 Å². The lowest BCUT2D eigenvalue weighted by Crippen LogP contribution is -2.13. The van der Waals surface area contributed by atoms with E-state index in [1.165, 1.54) is 11.3 Å². The molecule has 0 unspecified atom stereocenters. The first-order valence-corrected chi connectivity index (χ1v) is 7.51. The molecule has 0 aliphatic rings. The number of para-hydroxylation sites is 1. The van der Waals surface area contributed by atoms with Crippen molar-refractivity contribution in [2.24, 2.45) is 0 Å². The molecular formula is C15H12ClN3OS. The fourth-order valence-electron chi connectivity index (χ4n) is 2.02. The largest absolute Gasteiger partial charge is 0.387 e. The van der Waals surface area contributed by atoms with Gasteiger partial charge in [-0.05, 0) is 30.3 Å². The van der Waals surface area contributed by atoms with E-state index in [0.29, 0.717) is 15.7 Å². The molecule has 0 saturated heterocycles. The fourth-order valence-corrected chi connectivity index (χ4v) is 3.15. The van der Waals surface area contributed by atoms with E-state index in [2.05, 4.69) is 15.6 Å². The summed E-state index contributed by atoms with van der Waals surface area (Å²) in [7, 11) is 1.78. The Hall–Kier alpha value is -2.11. The first-order chi connectivity index (χ1) is 10.2. The van der Waals surface area contributed by atoms with Crippen LogP contribution >= 0.6 is 22.9 Å². The van der Waals surface area contributed by atoms with E-state index >= 15 is 0 Å². The molecule has 21 heavy (non-hydrogen) atoms. The van der Waals surface area contributed by atoms with Gasteiger partial charge in [0.05, 0.1) is 15.8 Å². The molecule has 106 valence electrons. The zero-order chi connectivity index (χ0) is 14.8. The van der Waals surface area contributed by atoms with Gasteiger partial charge in [-0.3, -0.25) is 10.1 Å². The Morgan fingerprint density at radius 1 is 1.24 bits per heavy atom. The molecule has 4 nitrogen and oxygen atoms in total. The molecule has 0 fully saturated rings. The summed E-state index contributed by atoms with van der Waals surface area (Å²) in [5, 5.41) is 7.04. The minimum absolute atomic E-state index is 0.190. The number of nitrogens with zero attached hydrogens (tertiary/aromatic N) is 1. The van der Waals surface area contributed by atoms with E-state index in [1.807, 2.05) is 30.3 Å². The van der Waals surface area contributed by atoms with Crippen molar-refractivity contribution >= 4 is 49.9 Å². The molecule has 1 heterocycles. The zero-order valence-electron chi connectivity index (χ0n) is 11.2. The summed E-state index contributed by atoms with van der Waals surface area (Å²) in [6.45, 7) is 0. The topological polar surface area (TPSA) is 54.0 Å². The summed E-state index contributed by atoms with van der Waals surface area (Å²) in [6, 6.07) is 12.8. The maximum atomic E-state index is 12.3. The van der Waals surface area contributed by atoms with E-state index < -0.39 is 0 Å². The molecule has 0 aliphatic carbocycles. The molecule has 1 aromatic heterocycles. The summed E-state index contributed by atoms with van der Waals surface area (Å²) >= 11 is 7.35. The Balaban J connectivity index is 1.89. The third kappa shape index (κ3) is 2.84. The second-order valence-corrected chi connectivity index (χ2v) is 5.85. The van der Waals surface area contributed by atoms with Crippen LogP contribution in [0.1, 0.15) is 10.4 Å². The van der Waals surface area contributed by atoms with Crippen LogP contribution in [0.3, 0.4) is 0 Å². The van der Waals surface area contributed by atoms with Crippen LogP contribution in [0.25, 0.3) is 10.2 Å². The number of rotatable bonds is 3. The van der Waals surface area contributed by atoms with Crippen molar-refractivity contribution in [1.82, 2.24) is 4.98 Å². The molecule has 3 aromatic rings. The summed E-state index contributed by atoms with van der Waals surface area (Å²) in [5.41, 5.74) is 2.18. The van der Waals surface area contributed by atoms with Crippen molar-refractivity contribution in [1.29, 1.82) is 0 Å². The number of benzene rings is 2. The van der Waals surface area contributed by atoms with Crippen molar-refractivity contribution in [3.05, 3.63) is 53.1 Å². The molecule has 0 radical (unpaired) electrons. The van der Waals surface area contributed by atoms with Crippen molar-refractivity contribution in [2.75, 3.05) is 17.7 Å². The molecule has 0 bridgehead atoms. The van der Waals surface area contributed by atoms with Gasteiger partial charge in [-0.1, -0.05) is 35.1 Å². The highest BCUT2D eigenvalue weighted by molar-refractivity contribution is 7.22. The smallest absolute Gasteiger partial charge is 0.259 e. The van der Waals surface area contributed by atoms with Crippen molar-refractivity contribution in [3.63, 3.8) is 0 Å². The third-order valence-corrected chi connectivity index (χ3v) is 4.18. The van der Waals surface area contributed by atoms with Gasteiger partial charge >= 0.3 is 0 Å². The van der Waals surface area contributed by atoms with Crippen LogP contribution in [0.15, 0.2) is 42.5 Å². The summed E-state index contributed by atoms with van der Waals surface area (Å²) in [5.74, 6) is -0.190.